The zero-order chi connectivity index (χ0) is 24.2. The van der Waals surface area contributed by atoms with Crippen molar-refractivity contribution in [2.45, 2.75) is 37.8 Å². The second-order valence-corrected chi connectivity index (χ2v) is 10.3. The molecule has 0 spiro atoms. The fraction of sp³-hybridized carbons (Fsp3) is 0.375. The van der Waals surface area contributed by atoms with Crippen LogP contribution in [0.15, 0.2) is 51.4 Å². The molecule has 4 amide bonds. The van der Waals surface area contributed by atoms with Crippen LogP contribution in [0.4, 0.5) is 15.3 Å². The zero-order valence-corrected chi connectivity index (χ0v) is 21.6. The minimum absolute atomic E-state index is 0.0359. The number of anilines is 1. The molecule has 1 fully saturated rings. The van der Waals surface area contributed by atoms with Gasteiger partial charge in [0, 0.05) is 46.7 Å². The van der Waals surface area contributed by atoms with E-state index in [-0.39, 0.29) is 18.5 Å². The Balaban J connectivity index is 1.32. The second kappa shape index (κ2) is 10.8. The molecule has 2 heterocycles. The summed E-state index contributed by atoms with van der Waals surface area (Å²) in [5.41, 5.74) is 2.77. The molecule has 1 saturated heterocycles. The highest BCUT2D eigenvalue weighted by Crippen LogP contribution is 2.26. The number of carbonyl (C=O) groups is 3. The van der Waals surface area contributed by atoms with Gasteiger partial charge in [0.2, 0.25) is 0 Å². The van der Waals surface area contributed by atoms with Gasteiger partial charge in [-0.05, 0) is 80.4 Å². The summed E-state index contributed by atoms with van der Waals surface area (Å²) >= 11 is 6.82. The van der Waals surface area contributed by atoms with Gasteiger partial charge >= 0.3 is 18.0 Å². The molecule has 0 radical (unpaired) electrons. The van der Waals surface area contributed by atoms with Gasteiger partial charge in [-0.15, -0.1) is 0 Å². The first-order chi connectivity index (χ1) is 16.3. The highest BCUT2D eigenvalue weighted by Gasteiger charge is 2.32. The standard InChI is InChI=1S/C24H26Br2N4O4/c25-18-6-5-15(13-19(18)26)14-21(22(31)32)28-23(33)29-10-8-17(9-11-29)30-12-7-16-3-1-2-4-20(16)27-24(30)34/h1-6,13,17,21H,7-12,14H2,(H,27,34)(H,28,33)(H,31,32). The Morgan fingerprint density at radius 2 is 1.82 bits per heavy atom. The van der Waals surface area contributed by atoms with E-state index in [4.69, 9.17) is 0 Å². The van der Waals surface area contributed by atoms with Crippen molar-refractivity contribution in [2.75, 3.05) is 25.0 Å². The molecule has 1 unspecified atom stereocenters. The number of carboxylic acid groups (broad SMARTS) is 1. The van der Waals surface area contributed by atoms with E-state index in [1.807, 2.05) is 47.4 Å². The van der Waals surface area contributed by atoms with E-state index < -0.39 is 18.0 Å². The Kier molecular flexibility index (Phi) is 7.77. The van der Waals surface area contributed by atoms with Crippen LogP contribution in [0.5, 0.6) is 0 Å². The molecule has 8 nitrogen and oxygen atoms in total. The summed E-state index contributed by atoms with van der Waals surface area (Å²) in [6, 6.07) is 11.8. The Labute approximate surface area is 214 Å². The maximum Gasteiger partial charge on any atom is 0.326 e. The van der Waals surface area contributed by atoms with Gasteiger partial charge in [0.15, 0.2) is 0 Å². The Morgan fingerprint density at radius 3 is 2.53 bits per heavy atom. The predicted molar refractivity (Wildman–Crippen MR) is 136 cm³/mol. The van der Waals surface area contributed by atoms with Crippen molar-refractivity contribution >= 4 is 55.6 Å². The molecular formula is C24H26Br2N4O4. The first-order valence-electron chi connectivity index (χ1n) is 11.2. The number of hydrogen-bond donors (Lipinski definition) is 3. The van der Waals surface area contributed by atoms with E-state index in [1.165, 1.54) is 0 Å². The van der Waals surface area contributed by atoms with Gasteiger partial charge in [0.25, 0.3) is 0 Å². The molecule has 2 aliphatic heterocycles. The van der Waals surface area contributed by atoms with E-state index in [1.54, 1.807) is 4.90 Å². The van der Waals surface area contributed by atoms with Gasteiger partial charge in [0.05, 0.1) is 0 Å². The molecule has 2 aromatic carbocycles. The summed E-state index contributed by atoms with van der Waals surface area (Å²) in [4.78, 5) is 40.9. The van der Waals surface area contributed by atoms with Crippen molar-refractivity contribution in [2.24, 2.45) is 0 Å². The number of aliphatic carboxylic acids is 1. The molecule has 3 N–H and O–H groups in total. The van der Waals surface area contributed by atoms with E-state index in [2.05, 4.69) is 42.5 Å². The van der Waals surface area contributed by atoms with Crippen molar-refractivity contribution in [1.29, 1.82) is 0 Å². The van der Waals surface area contributed by atoms with Crippen LogP contribution in [0.2, 0.25) is 0 Å². The molecule has 4 rings (SSSR count). The number of hydrogen-bond acceptors (Lipinski definition) is 3. The summed E-state index contributed by atoms with van der Waals surface area (Å²) in [6.07, 6.45) is 2.25. The van der Waals surface area contributed by atoms with E-state index >= 15 is 0 Å². The number of urea groups is 2. The Hall–Kier alpha value is -2.59. The molecule has 0 aromatic heterocycles. The Morgan fingerprint density at radius 1 is 1.09 bits per heavy atom. The van der Waals surface area contributed by atoms with Crippen LogP contribution in [0.1, 0.15) is 24.0 Å². The lowest BCUT2D eigenvalue weighted by molar-refractivity contribution is -0.139. The van der Waals surface area contributed by atoms with Gasteiger partial charge in [-0.25, -0.2) is 14.4 Å². The highest BCUT2D eigenvalue weighted by atomic mass is 79.9. The third-order valence-electron chi connectivity index (χ3n) is 6.35. The first kappa shape index (κ1) is 24.5. The average Bonchev–Trinajstić information content (AvgIpc) is 2.99. The van der Waals surface area contributed by atoms with Crippen LogP contribution in [-0.2, 0) is 17.6 Å². The molecule has 0 bridgehead atoms. The maximum atomic E-state index is 12.8. The third-order valence-corrected chi connectivity index (χ3v) is 8.23. The number of carboxylic acids is 1. The number of nitrogens with zero attached hydrogens (tertiary/aromatic N) is 2. The number of rotatable bonds is 5. The van der Waals surface area contributed by atoms with E-state index in [0.717, 1.165) is 32.2 Å². The topological polar surface area (TPSA) is 102 Å². The van der Waals surface area contributed by atoms with Crippen molar-refractivity contribution < 1.29 is 19.5 Å². The Bertz CT molecular complexity index is 1090. The van der Waals surface area contributed by atoms with Crippen LogP contribution < -0.4 is 10.6 Å². The second-order valence-electron chi connectivity index (χ2n) is 8.54. The van der Waals surface area contributed by atoms with Crippen molar-refractivity contribution in [3.63, 3.8) is 0 Å². The molecule has 180 valence electrons. The summed E-state index contributed by atoms with van der Waals surface area (Å²) in [7, 11) is 0. The number of amides is 4. The lowest BCUT2D eigenvalue weighted by Crippen LogP contribution is -2.54. The maximum absolute atomic E-state index is 12.8. The normalized spacial score (nSPS) is 17.4. The summed E-state index contributed by atoms with van der Waals surface area (Å²) in [6.45, 7) is 1.55. The molecular weight excluding hydrogens is 568 g/mol. The molecule has 0 saturated carbocycles. The van der Waals surface area contributed by atoms with Crippen LogP contribution in [0.3, 0.4) is 0 Å². The lowest BCUT2D eigenvalue weighted by Gasteiger charge is -2.38. The molecule has 0 aliphatic carbocycles. The monoisotopic (exact) mass is 592 g/mol. The minimum atomic E-state index is -1.08. The number of benzene rings is 2. The summed E-state index contributed by atoms with van der Waals surface area (Å²) < 4.78 is 1.69. The predicted octanol–water partition coefficient (Wildman–Crippen LogP) is 4.47. The number of nitrogens with one attached hydrogen (secondary N) is 2. The van der Waals surface area contributed by atoms with Crippen molar-refractivity contribution in [3.05, 3.63) is 62.5 Å². The minimum Gasteiger partial charge on any atom is -0.480 e. The van der Waals surface area contributed by atoms with E-state index in [9.17, 15) is 19.5 Å². The summed E-state index contributed by atoms with van der Waals surface area (Å²) in [5.74, 6) is -1.08. The largest absolute Gasteiger partial charge is 0.480 e. The number of piperidine rings is 1. The van der Waals surface area contributed by atoms with Gasteiger partial charge < -0.3 is 25.5 Å². The smallest absolute Gasteiger partial charge is 0.326 e. The molecule has 10 heteroatoms. The van der Waals surface area contributed by atoms with Gasteiger partial charge in [-0.3, -0.25) is 0 Å². The van der Waals surface area contributed by atoms with Crippen molar-refractivity contribution in [3.8, 4) is 0 Å². The van der Waals surface area contributed by atoms with Gasteiger partial charge in [0.1, 0.15) is 6.04 Å². The molecule has 2 aromatic rings. The summed E-state index contributed by atoms with van der Waals surface area (Å²) in [5, 5.41) is 15.3. The quantitative estimate of drug-likeness (QED) is 0.476. The van der Waals surface area contributed by atoms with Crippen LogP contribution in [0, 0.1) is 0 Å². The average molecular weight is 594 g/mol. The molecule has 2 aliphatic rings. The lowest BCUT2D eigenvalue weighted by atomic mass is 10.0. The van der Waals surface area contributed by atoms with Crippen molar-refractivity contribution in [1.82, 2.24) is 15.1 Å². The number of halogens is 2. The highest BCUT2D eigenvalue weighted by molar-refractivity contribution is 9.13. The number of fused-ring (bicyclic) bond motifs is 1. The number of para-hydroxylation sites is 1. The van der Waals surface area contributed by atoms with Crippen LogP contribution in [-0.4, -0.2) is 64.7 Å². The fourth-order valence-corrected chi connectivity index (χ4v) is 5.13. The van der Waals surface area contributed by atoms with E-state index in [0.29, 0.717) is 32.5 Å². The van der Waals surface area contributed by atoms with Crippen LogP contribution >= 0.6 is 31.9 Å². The number of likely N-dealkylation sites (tertiary alicyclic amines) is 1. The fourth-order valence-electron chi connectivity index (χ4n) is 4.46. The SMILES string of the molecule is O=C(O)C(Cc1ccc(Br)c(Br)c1)NC(=O)N1CCC(N2CCc3ccccc3NC2=O)CC1. The van der Waals surface area contributed by atoms with Gasteiger partial charge in [-0.2, -0.15) is 0 Å². The molecule has 34 heavy (non-hydrogen) atoms. The van der Waals surface area contributed by atoms with Gasteiger partial charge in [-0.1, -0.05) is 24.3 Å². The first-order valence-corrected chi connectivity index (χ1v) is 12.8. The third kappa shape index (κ3) is 5.72. The van der Waals surface area contributed by atoms with Crippen LogP contribution in [0.25, 0.3) is 0 Å². The molecule has 1 atom stereocenters. The number of carbonyl (C=O) groups excluding carboxylic acids is 2. The zero-order valence-electron chi connectivity index (χ0n) is 18.5.